The zero-order chi connectivity index (χ0) is 28.4. The Labute approximate surface area is 243 Å². The fraction of sp³-hybridized carbons (Fsp3) is 0.231. The Balaban J connectivity index is 1.67. The van der Waals surface area contributed by atoms with Gasteiger partial charge < -0.3 is 36.9 Å². The number of nitrogens with one attached hydrogen (secondary N) is 3. The number of nitrogens with two attached hydrogens (primary N) is 2. The maximum absolute atomic E-state index is 13.0. The molecule has 206 valence electrons. The highest BCUT2D eigenvalue weighted by molar-refractivity contribution is 9.09. The fourth-order valence-electron chi connectivity index (χ4n) is 3.71. The summed E-state index contributed by atoms with van der Waals surface area (Å²) < 4.78 is 1.64. The van der Waals surface area contributed by atoms with Gasteiger partial charge in [-0.2, -0.15) is 0 Å². The Hall–Kier alpha value is -3.84. The van der Waals surface area contributed by atoms with E-state index in [4.69, 9.17) is 11.5 Å². The van der Waals surface area contributed by atoms with Crippen LogP contribution in [0.25, 0.3) is 0 Å². The van der Waals surface area contributed by atoms with Crippen molar-refractivity contribution in [2.45, 2.75) is 0 Å². The highest BCUT2D eigenvalue weighted by Crippen LogP contribution is 2.22. The topological polar surface area (TPSA) is 160 Å². The predicted octanol–water partition coefficient (Wildman–Crippen LogP) is 3.34. The van der Waals surface area contributed by atoms with Crippen molar-refractivity contribution < 1.29 is 14.4 Å². The third-order valence-electron chi connectivity index (χ3n) is 5.49. The molecule has 0 saturated heterocycles. The summed E-state index contributed by atoms with van der Waals surface area (Å²) in [7, 11) is 1.72. The number of guanidine groups is 1. The first-order valence-electron chi connectivity index (χ1n) is 11.9. The molecule has 0 atom stereocenters. The number of carbonyl (C=O) groups excluding carboxylic acids is 3. The first kappa shape index (κ1) is 29.7. The minimum Gasteiger partial charge on any atom is -0.370 e. The number of anilines is 4. The van der Waals surface area contributed by atoms with Gasteiger partial charge in [0.05, 0.1) is 5.69 Å². The number of benzene rings is 2. The van der Waals surface area contributed by atoms with E-state index in [0.29, 0.717) is 28.3 Å². The Morgan fingerprint density at radius 2 is 1.51 bits per heavy atom. The van der Waals surface area contributed by atoms with Crippen LogP contribution in [0.15, 0.2) is 65.8 Å². The van der Waals surface area contributed by atoms with E-state index < -0.39 is 11.8 Å². The van der Waals surface area contributed by atoms with Crippen LogP contribution < -0.4 is 32.3 Å². The minimum absolute atomic E-state index is 0.190. The van der Waals surface area contributed by atoms with E-state index in [2.05, 4.69) is 57.7 Å². The molecule has 11 nitrogen and oxygen atoms in total. The van der Waals surface area contributed by atoms with Crippen molar-refractivity contribution in [1.29, 1.82) is 0 Å². The van der Waals surface area contributed by atoms with Crippen molar-refractivity contribution in [1.82, 2.24) is 4.57 Å². The molecule has 3 amide bonds. The highest BCUT2D eigenvalue weighted by atomic mass is 79.9. The lowest BCUT2D eigenvalue weighted by Crippen LogP contribution is -2.27. The molecule has 0 spiro atoms. The smallest absolute Gasteiger partial charge is 0.272 e. The molecule has 1 heterocycles. The Morgan fingerprint density at radius 3 is 2.18 bits per heavy atom. The second-order valence-corrected chi connectivity index (χ2v) is 10.0. The third-order valence-corrected chi connectivity index (χ3v) is 6.20. The molecular formula is C26H30Br2N8O3. The SMILES string of the molecule is Cn1cc(NC(=O)c2cccc(NC(=O)CN=C(N)N)c2)cc1C(=O)Nc1cccc(N(CCBr)CCBr)c1. The third kappa shape index (κ3) is 8.86. The largest absolute Gasteiger partial charge is 0.370 e. The summed E-state index contributed by atoms with van der Waals surface area (Å²) in [6.45, 7) is 1.43. The average molecular weight is 662 g/mol. The van der Waals surface area contributed by atoms with E-state index in [1.807, 2.05) is 24.3 Å². The standard InChI is InChI=1S/C26H30Br2N8O3/c1-35-16-20(34-24(38)17-4-2-5-18(12-17)32-23(37)15-31-26(29)30)14-22(35)25(39)33-19-6-3-7-21(13-19)36(10-8-27)11-9-28/h2-7,12-14,16H,8-11,15H2,1H3,(H,32,37)(H,33,39)(H,34,38)(H4,29,30,31). The van der Waals surface area contributed by atoms with E-state index in [0.717, 1.165) is 29.4 Å². The summed E-state index contributed by atoms with van der Waals surface area (Å²) in [4.78, 5) is 43.7. The quantitative estimate of drug-likeness (QED) is 0.114. The van der Waals surface area contributed by atoms with Crippen LogP contribution in [-0.2, 0) is 11.8 Å². The van der Waals surface area contributed by atoms with Gasteiger partial charge in [0.2, 0.25) is 5.91 Å². The van der Waals surface area contributed by atoms with Crippen LogP contribution in [0.3, 0.4) is 0 Å². The molecule has 0 bridgehead atoms. The summed E-state index contributed by atoms with van der Waals surface area (Å²) in [6.07, 6.45) is 1.65. The van der Waals surface area contributed by atoms with Crippen LogP contribution in [0.5, 0.6) is 0 Å². The lowest BCUT2D eigenvalue weighted by molar-refractivity contribution is -0.114. The highest BCUT2D eigenvalue weighted by Gasteiger charge is 2.16. The van der Waals surface area contributed by atoms with Crippen molar-refractivity contribution >= 4 is 78.3 Å². The number of carbonyl (C=O) groups is 3. The first-order valence-corrected chi connectivity index (χ1v) is 14.2. The van der Waals surface area contributed by atoms with Gasteiger partial charge in [-0.05, 0) is 42.5 Å². The van der Waals surface area contributed by atoms with Gasteiger partial charge >= 0.3 is 0 Å². The normalized spacial score (nSPS) is 10.4. The van der Waals surface area contributed by atoms with E-state index in [9.17, 15) is 14.4 Å². The second kappa shape index (κ2) is 14.4. The minimum atomic E-state index is -0.427. The molecule has 0 aliphatic carbocycles. The number of nitrogens with zero attached hydrogens (tertiary/aromatic N) is 3. The molecule has 0 aliphatic heterocycles. The zero-order valence-electron chi connectivity index (χ0n) is 21.3. The molecule has 0 radical (unpaired) electrons. The number of amides is 3. The van der Waals surface area contributed by atoms with E-state index in [1.165, 1.54) is 6.07 Å². The Kier molecular flexibility index (Phi) is 10.9. The lowest BCUT2D eigenvalue weighted by atomic mass is 10.2. The van der Waals surface area contributed by atoms with Crippen molar-refractivity contribution in [2.75, 3.05) is 51.1 Å². The summed E-state index contributed by atoms with van der Waals surface area (Å²) in [5.74, 6) is -1.33. The van der Waals surface area contributed by atoms with Gasteiger partial charge in [-0.25, -0.2) is 4.99 Å². The van der Waals surface area contributed by atoms with Gasteiger partial charge in [-0.15, -0.1) is 0 Å². The first-order chi connectivity index (χ1) is 18.7. The van der Waals surface area contributed by atoms with Crippen LogP contribution in [-0.4, -0.2) is 58.5 Å². The van der Waals surface area contributed by atoms with E-state index >= 15 is 0 Å². The van der Waals surface area contributed by atoms with Crippen LogP contribution in [0.1, 0.15) is 20.8 Å². The molecule has 39 heavy (non-hydrogen) atoms. The number of halogens is 2. The Bertz CT molecular complexity index is 1350. The van der Waals surface area contributed by atoms with Gasteiger partial charge in [-0.3, -0.25) is 14.4 Å². The lowest BCUT2D eigenvalue weighted by Gasteiger charge is -2.23. The molecule has 2 aromatic carbocycles. The number of hydrogen-bond acceptors (Lipinski definition) is 5. The summed E-state index contributed by atoms with van der Waals surface area (Å²) in [6, 6.07) is 15.7. The summed E-state index contributed by atoms with van der Waals surface area (Å²) in [5.41, 5.74) is 13.7. The number of hydrogen-bond donors (Lipinski definition) is 5. The average Bonchev–Trinajstić information content (AvgIpc) is 3.27. The molecule has 0 unspecified atom stereocenters. The monoisotopic (exact) mass is 660 g/mol. The second-order valence-electron chi connectivity index (χ2n) is 8.42. The van der Waals surface area contributed by atoms with Crippen LogP contribution in [0.2, 0.25) is 0 Å². The molecule has 13 heteroatoms. The van der Waals surface area contributed by atoms with Crippen LogP contribution >= 0.6 is 31.9 Å². The van der Waals surface area contributed by atoms with E-state index in [1.54, 1.807) is 42.1 Å². The van der Waals surface area contributed by atoms with Crippen molar-refractivity contribution in [3.63, 3.8) is 0 Å². The maximum atomic E-state index is 13.0. The maximum Gasteiger partial charge on any atom is 0.272 e. The number of aliphatic imine (C=N–C) groups is 1. The number of alkyl halides is 2. The molecular weight excluding hydrogens is 632 g/mol. The van der Waals surface area contributed by atoms with Gasteiger partial charge in [0.25, 0.3) is 11.8 Å². The van der Waals surface area contributed by atoms with Crippen molar-refractivity contribution in [3.8, 4) is 0 Å². The molecule has 0 fully saturated rings. The Morgan fingerprint density at radius 1 is 0.872 bits per heavy atom. The van der Waals surface area contributed by atoms with Gasteiger partial charge in [0.1, 0.15) is 12.2 Å². The van der Waals surface area contributed by atoms with E-state index in [-0.39, 0.29) is 18.4 Å². The number of aryl methyl sites for hydroxylation is 1. The number of aromatic nitrogens is 1. The molecule has 7 N–H and O–H groups in total. The van der Waals surface area contributed by atoms with Gasteiger partial charge in [0.15, 0.2) is 5.96 Å². The van der Waals surface area contributed by atoms with Crippen LogP contribution in [0, 0.1) is 0 Å². The van der Waals surface area contributed by atoms with Crippen molar-refractivity contribution in [3.05, 3.63) is 72.1 Å². The molecule has 3 rings (SSSR count). The van der Waals surface area contributed by atoms with Gasteiger partial charge in [-0.1, -0.05) is 44.0 Å². The zero-order valence-corrected chi connectivity index (χ0v) is 24.5. The molecule has 1 aromatic heterocycles. The van der Waals surface area contributed by atoms with Crippen molar-refractivity contribution in [2.24, 2.45) is 23.5 Å². The molecule has 0 aliphatic rings. The number of rotatable bonds is 12. The summed E-state index contributed by atoms with van der Waals surface area (Å²) >= 11 is 6.97. The van der Waals surface area contributed by atoms with Crippen LogP contribution in [0.4, 0.5) is 22.7 Å². The molecule has 3 aromatic rings. The molecule has 0 saturated carbocycles. The predicted molar refractivity (Wildman–Crippen MR) is 163 cm³/mol. The fourth-order valence-corrected chi connectivity index (χ4v) is 4.57. The van der Waals surface area contributed by atoms with Gasteiger partial charge in [0, 0.05) is 59.6 Å². The summed E-state index contributed by atoms with van der Waals surface area (Å²) in [5, 5.41) is 10.0.